The summed E-state index contributed by atoms with van der Waals surface area (Å²) in [7, 11) is 0. The Kier molecular flexibility index (Phi) is 6.37. The van der Waals surface area contributed by atoms with Gasteiger partial charge >= 0.3 is 0 Å². The second-order valence-corrected chi connectivity index (χ2v) is 5.54. The van der Waals surface area contributed by atoms with Crippen molar-refractivity contribution in [1.29, 1.82) is 0 Å². The minimum atomic E-state index is 0.701. The number of hydrogen-bond donors (Lipinski definition) is 1. The van der Waals surface area contributed by atoms with Crippen molar-refractivity contribution < 1.29 is 0 Å². The van der Waals surface area contributed by atoms with E-state index in [0.717, 1.165) is 18.3 Å². The zero-order valence-electron chi connectivity index (χ0n) is 10.0. The van der Waals surface area contributed by atoms with Crippen LogP contribution >= 0.6 is 11.8 Å². The predicted molar refractivity (Wildman–Crippen MR) is 70.6 cm³/mol. The number of hydrogen-bond acceptors (Lipinski definition) is 3. The maximum absolute atomic E-state index is 3.72. The van der Waals surface area contributed by atoms with E-state index in [1.807, 2.05) is 17.8 Å². The standard InChI is InChI=1S/C12H24N2S/c1-4-8-15-9-6-13-12-5-7-14(10-12)11(2)3/h4,11-13H,1,5-10H2,2-3H3. The van der Waals surface area contributed by atoms with Crippen LogP contribution in [0.2, 0.25) is 0 Å². The Labute approximate surface area is 98.5 Å². The minimum absolute atomic E-state index is 0.701. The van der Waals surface area contributed by atoms with Crippen LogP contribution in [0, 0.1) is 0 Å². The predicted octanol–water partition coefficient (Wildman–Crippen LogP) is 1.98. The topological polar surface area (TPSA) is 15.3 Å². The van der Waals surface area contributed by atoms with E-state index in [9.17, 15) is 0 Å². The molecular weight excluding hydrogens is 204 g/mol. The molecule has 0 saturated carbocycles. The lowest BCUT2D eigenvalue weighted by Crippen LogP contribution is -2.36. The Morgan fingerprint density at radius 2 is 2.40 bits per heavy atom. The molecule has 0 aromatic heterocycles. The molecule has 0 amide bonds. The minimum Gasteiger partial charge on any atom is -0.312 e. The first-order chi connectivity index (χ1) is 7.24. The third-order valence-corrected chi connectivity index (χ3v) is 3.83. The van der Waals surface area contributed by atoms with Gasteiger partial charge in [0.05, 0.1) is 0 Å². The van der Waals surface area contributed by atoms with Crippen molar-refractivity contribution in [3.63, 3.8) is 0 Å². The molecule has 3 heteroatoms. The highest BCUT2D eigenvalue weighted by molar-refractivity contribution is 7.99. The van der Waals surface area contributed by atoms with Crippen LogP contribution < -0.4 is 5.32 Å². The molecule has 1 saturated heterocycles. The van der Waals surface area contributed by atoms with Crippen LogP contribution in [0.15, 0.2) is 12.7 Å². The quantitative estimate of drug-likeness (QED) is 0.530. The molecule has 0 aromatic rings. The summed E-state index contributed by atoms with van der Waals surface area (Å²) < 4.78 is 0. The fourth-order valence-electron chi connectivity index (χ4n) is 1.92. The van der Waals surface area contributed by atoms with E-state index in [0.29, 0.717) is 6.04 Å². The van der Waals surface area contributed by atoms with Crippen molar-refractivity contribution in [3.05, 3.63) is 12.7 Å². The molecule has 1 atom stereocenters. The summed E-state index contributed by atoms with van der Waals surface area (Å²) in [6.07, 6.45) is 3.28. The number of nitrogens with one attached hydrogen (secondary N) is 1. The van der Waals surface area contributed by atoms with Gasteiger partial charge < -0.3 is 5.32 Å². The highest BCUT2D eigenvalue weighted by Crippen LogP contribution is 2.12. The van der Waals surface area contributed by atoms with E-state index < -0.39 is 0 Å². The van der Waals surface area contributed by atoms with Gasteiger partial charge in [0.25, 0.3) is 0 Å². The van der Waals surface area contributed by atoms with Crippen LogP contribution in [0.25, 0.3) is 0 Å². The lowest BCUT2D eigenvalue weighted by atomic mass is 10.3. The third kappa shape index (κ3) is 5.05. The van der Waals surface area contributed by atoms with Crippen molar-refractivity contribution in [2.24, 2.45) is 0 Å². The van der Waals surface area contributed by atoms with Gasteiger partial charge in [-0.05, 0) is 26.8 Å². The highest BCUT2D eigenvalue weighted by Gasteiger charge is 2.23. The van der Waals surface area contributed by atoms with Crippen LogP contribution in [0.5, 0.6) is 0 Å². The van der Waals surface area contributed by atoms with Crippen LogP contribution in [-0.2, 0) is 0 Å². The third-order valence-electron chi connectivity index (χ3n) is 2.87. The Morgan fingerprint density at radius 1 is 1.60 bits per heavy atom. The maximum Gasteiger partial charge on any atom is 0.0207 e. The molecule has 0 spiro atoms. The molecule has 0 radical (unpaired) electrons. The number of likely N-dealkylation sites (tertiary alicyclic amines) is 1. The Bertz CT molecular complexity index is 182. The van der Waals surface area contributed by atoms with E-state index in [1.54, 1.807) is 0 Å². The molecule has 1 heterocycles. The molecule has 0 aliphatic carbocycles. The van der Waals surface area contributed by atoms with Crippen molar-refractivity contribution in [2.45, 2.75) is 32.4 Å². The average molecular weight is 228 g/mol. The van der Waals surface area contributed by atoms with Gasteiger partial charge in [-0.15, -0.1) is 6.58 Å². The monoisotopic (exact) mass is 228 g/mol. The first-order valence-electron chi connectivity index (χ1n) is 5.90. The van der Waals surface area contributed by atoms with Gasteiger partial charge in [-0.2, -0.15) is 11.8 Å². The van der Waals surface area contributed by atoms with Gasteiger partial charge in [0.15, 0.2) is 0 Å². The smallest absolute Gasteiger partial charge is 0.0207 e. The fourth-order valence-corrected chi connectivity index (χ4v) is 2.52. The van der Waals surface area contributed by atoms with E-state index in [-0.39, 0.29) is 0 Å². The molecule has 1 N–H and O–H groups in total. The molecule has 1 unspecified atom stereocenters. The van der Waals surface area contributed by atoms with E-state index in [2.05, 4.69) is 30.6 Å². The lowest BCUT2D eigenvalue weighted by Gasteiger charge is -2.20. The molecule has 1 aliphatic heterocycles. The molecule has 1 rings (SSSR count). The van der Waals surface area contributed by atoms with E-state index >= 15 is 0 Å². The van der Waals surface area contributed by atoms with Crippen molar-refractivity contribution in [2.75, 3.05) is 31.1 Å². The number of thioether (sulfide) groups is 1. The highest BCUT2D eigenvalue weighted by atomic mass is 32.2. The first-order valence-corrected chi connectivity index (χ1v) is 7.05. The van der Waals surface area contributed by atoms with Crippen molar-refractivity contribution in [3.8, 4) is 0 Å². The van der Waals surface area contributed by atoms with Gasteiger partial charge in [0, 0.05) is 36.7 Å². The second-order valence-electron chi connectivity index (χ2n) is 4.39. The summed E-state index contributed by atoms with van der Waals surface area (Å²) in [5.74, 6) is 2.27. The molecule has 1 fully saturated rings. The molecule has 1 aliphatic rings. The van der Waals surface area contributed by atoms with Crippen LogP contribution in [0.4, 0.5) is 0 Å². The Balaban J connectivity index is 2.01. The summed E-state index contributed by atoms with van der Waals surface area (Å²) in [5, 5.41) is 3.63. The van der Waals surface area contributed by atoms with E-state index in [4.69, 9.17) is 0 Å². The van der Waals surface area contributed by atoms with Crippen LogP contribution in [-0.4, -0.2) is 48.1 Å². The van der Waals surface area contributed by atoms with E-state index in [1.165, 1.54) is 25.3 Å². The Hall–Kier alpha value is 0.01000. The largest absolute Gasteiger partial charge is 0.312 e. The summed E-state index contributed by atoms with van der Waals surface area (Å²) in [5.41, 5.74) is 0. The van der Waals surface area contributed by atoms with Gasteiger partial charge in [-0.1, -0.05) is 6.08 Å². The second kappa shape index (κ2) is 7.31. The summed E-state index contributed by atoms with van der Waals surface area (Å²) in [6.45, 7) is 11.9. The van der Waals surface area contributed by atoms with Gasteiger partial charge in [0.1, 0.15) is 0 Å². The molecule has 2 nitrogen and oxygen atoms in total. The van der Waals surface area contributed by atoms with Crippen molar-refractivity contribution in [1.82, 2.24) is 10.2 Å². The average Bonchev–Trinajstić information content (AvgIpc) is 2.66. The van der Waals surface area contributed by atoms with Crippen molar-refractivity contribution >= 4 is 11.8 Å². The molecular formula is C12H24N2S. The van der Waals surface area contributed by atoms with Gasteiger partial charge in [-0.25, -0.2) is 0 Å². The fraction of sp³-hybridized carbons (Fsp3) is 0.833. The van der Waals surface area contributed by atoms with Crippen LogP contribution in [0.1, 0.15) is 20.3 Å². The normalized spacial score (nSPS) is 22.5. The first kappa shape index (κ1) is 13.1. The van der Waals surface area contributed by atoms with Gasteiger partial charge in [-0.3, -0.25) is 4.90 Å². The molecule has 15 heavy (non-hydrogen) atoms. The molecule has 0 aromatic carbocycles. The summed E-state index contributed by atoms with van der Waals surface area (Å²) in [4.78, 5) is 2.55. The maximum atomic E-state index is 3.72. The summed E-state index contributed by atoms with van der Waals surface area (Å²) in [6, 6.07) is 1.42. The van der Waals surface area contributed by atoms with Gasteiger partial charge in [0.2, 0.25) is 0 Å². The number of nitrogens with zero attached hydrogens (tertiary/aromatic N) is 1. The Morgan fingerprint density at radius 3 is 3.00 bits per heavy atom. The number of rotatable bonds is 7. The SMILES string of the molecule is C=CCSCCNC1CCN(C(C)C)C1. The summed E-state index contributed by atoms with van der Waals surface area (Å²) >= 11 is 1.95. The molecule has 88 valence electrons. The molecule has 0 bridgehead atoms. The lowest BCUT2D eigenvalue weighted by molar-refractivity contribution is 0.268. The zero-order valence-corrected chi connectivity index (χ0v) is 10.9. The zero-order chi connectivity index (χ0) is 11.1. The van der Waals surface area contributed by atoms with Crippen LogP contribution in [0.3, 0.4) is 0 Å².